The highest BCUT2D eigenvalue weighted by atomic mass is 32.2. The van der Waals surface area contributed by atoms with Gasteiger partial charge >= 0.3 is 11.4 Å². The lowest BCUT2D eigenvalue weighted by Gasteiger charge is -2.50. The van der Waals surface area contributed by atoms with Crippen molar-refractivity contribution in [2.45, 2.75) is 25.4 Å². The number of nitrogens with two attached hydrogens (primary N) is 1. The molecular formula is C10H13N5O5S2. The molecule has 0 radical (unpaired) electrons. The summed E-state index contributed by atoms with van der Waals surface area (Å²) < 4.78 is 23.7. The van der Waals surface area contributed by atoms with Crippen molar-refractivity contribution in [3.8, 4) is 0 Å². The summed E-state index contributed by atoms with van der Waals surface area (Å²) in [4.78, 5) is 27.6. The van der Waals surface area contributed by atoms with Crippen molar-refractivity contribution in [2.24, 2.45) is 0 Å². The van der Waals surface area contributed by atoms with Crippen molar-refractivity contribution in [3.05, 3.63) is 11.1 Å². The topological polar surface area (TPSA) is 159 Å². The normalized spacial score (nSPS) is 21.1. The van der Waals surface area contributed by atoms with Gasteiger partial charge in [0, 0.05) is 5.38 Å². The van der Waals surface area contributed by atoms with Gasteiger partial charge in [-0.1, -0.05) is 0 Å². The summed E-state index contributed by atoms with van der Waals surface area (Å²) in [5.41, 5.74) is 4.08. The van der Waals surface area contributed by atoms with Crippen LogP contribution < -0.4 is 11.1 Å². The van der Waals surface area contributed by atoms with Crippen LogP contribution in [0, 0.1) is 5.41 Å². The molecule has 22 heavy (non-hydrogen) atoms. The zero-order valence-corrected chi connectivity index (χ0v) is 13.2. The maximum atomic E-state index is 12.0. The van der Waals surface area contributed by atoms with Gasteiger partial charge in [0.25, 0.3) is 11.8 Å². The maximum Gasteiger partial charge on any atom is 0.325 e. The zero-order valence-electron chi connectivity index (χ0n) is 11.5. The average molecular weight is 347 g/mol. The van der Waals surface area contributed by atoms with E-state index in [0.717, 1.165) is 11.3 Å². The number of nitrogens with zero attached hydrogens (tertiary/aromatic N) is 2. The van der Waals surface area contributed by atoms with Crippen molar-refractivity contribution >= 4 is 45.4 Å². The van der Waals surface area contributed by atoms with E-state index in [9.17, 15) is 13.8 Å². The first-order chi connectivity index (χ1) is 10.1. The van der Waals surface area contributed by atoms with Gasteiger partial charge in [-0.3, -0.25) is 19.6 Å². The molecule has 0 aliphatic carbocycles. The minimum Gasteiger partial charge on any atom is -0.375 e. The Morgan fingerprint density at radius 3 is 2.77 bits per heavy atom. The molecule has 0 aromatic carbocycles. The average Bonchev–Trinajstić information content (AvgIpc) is 2.87. The van der Waals surface area contributed by atoms with E-state index < -0.39 is 40.5 Å². The van der Waals surface area contributed by atoms with Gasteiger partial charge in [0.2, 0.25) is 0 Å². The Hall–Kier alpha value is -1.89. The molecule has 1 aliphatic heterocycles. The molecule has 2 amide bonds. The minimum absolute atomic E-state index is 0.106. The second kappa shape index (κ2) is 5.72. The Labute approximate surface area is 131 Å². The van der Waals surface area contributed by atoms with Gasteiger partial charge in [0.05, 0.1) is 5.54 Å². The number of amides is 2. The van der Waals surface area contributed by atoms with Crippen LogP contribution in [0.3, 0.4) is 0 Å². The van der Waals surface area contributed by atoms with E-state index in [1.54, 1.807) is 0 Å². The quantitative estimate of drug-likeness (QED) is 0.310. The zero-order chi connectivity index (χ0) is 16.7. The van der Waals surface area contributed by atoms with Crippen LogP contribution >= 0.6 is 11.3 Å². The number of rotatable bonds is 5. The molecule has 0 bridgehead atoms. The van der Waals surface area contributed by atoms with Crippen molar-refractivity contribution in [3.63, 3.8) is 0 Å². The molecule has 1 saturated heterocycles. The molecule has 2 heterocycles. The summed E-state index contributed by atoms with van der Waals surface area (Å²) in [5, 5.41) is 12.5. The molecule has 2 atom stereocenters. The summed E-state index contributed by atoms with van der Waals surface area (Å²) in [7, 11) is 0. The lowest BCUT2D eigenvalue weighted by molar-refractivity contribution is -0.216. The molecule has 2 rings (SSSR count). The molecular weight excluding hydrogens is 334 g/mol. The third-order valence-corrected chi connectivity index (χ3v) is 4.05. The summed E-state index contributed by atoms with van der Waals surface area (Å²) >= 11 is -1.56. The van der Waals surface area contributed by atoms with Crippen molar-refractivity contribution < 1.29 is 22.6 Å². The number of carbonyl (C=O) groups excluding carboxylic acids is 2. The molecule has 120 valence electrons. The second-order valence-electron chi connectivity index (χ2n) is 4.93. The molecule has 5 N–H and O–H groups in total. The van der Waals surface area contributed by atoms with Crippen LogP contribution in [0.4, 0.5) is 5.13 Å². The predicted molar refractivity (Wildman–Crippen MR) is 78.1 cm³/mol. The number of β-lactam (4-membered cyclic amide) rings is 1. The van der Waals surface area contributed by atoms with E-state index in [2.05, 4.69) is 14.6 Å². The van der Waals surface area contributed by atoms with Crippen LogP contribution in [0.5, 0.6) is 0 Å². The summed E-state index contributed by atoms with van der Waals surface area (Å²) in [5.74, 6) is -1.49. The highest BCUT2D eigenvalue weighted by Crippen LogP contribution is 2.32. The van der Waals surface area contributed by atoms with Crippen molar-refractivity contribution in [1.29, 1.82) is 5.41 Å². The van der Waals surface area contributed by atoms with Gasteiger partial charge < -0.3 is 11.1 Å². The fraction of sp³-hybridized carbons (Fsp3) is 0.400. The van der Waals surface area contributed by atoms with E-state index in [4.69, 9.17) is 15.7 Å². The lowest BCUT2D eigenvalue weighted by Crippen LogP contribution is -2.76. The van der Waals surface area contributed by atoms with Gasteiger partial charge in [0.15, 0.2) is 5.13 Å². The number of hydrogen-bond donors (Lipinski definition) is 4. The Bertz CT molecular complexity index is 672. The van der Waals surface area contributed by atoms with Crippen LogP contribution in [-0.4, -0.2) is 47.9 Å². The first-order valence-electron chi connectivity index (χ1n) is 5.88. The number of nitrogens with one attached hydrogen (secondary N) is 2. The largest absolute Gasteiger partial charge is 0.375 e. The van der Waals surface area contributed by atoms with E-state index in [1.807, 2.05) is 0 Å². The van der Waals surface area contributed by atoms with Crippen LogP contribution in [0.1, 0.15) is 19.5 Å². The predicted octanol–water partition coefficient (Wildman–Crippen LogP) is -0.733. The van der Waals surface area contributed by atoms with E-state index in [1.165, 1.54) is 19.2 Å². The third kappa shape index (κ3) is 2.85. The molecule has 1 aromatic rings. The number of anilines is 1. The first kappa shape index (κ1) is 16.5. The van der Waals surface area contributed by atoms with Crippen LogP contribution in [0.25, 0.3) is 0 Å². The Morgan fingerprint density at radius 2 is 2.32 bits per heavy atom. The lowest BCUT2D eigenvalue weighted by atomic mass is 9.84. The van der Waals surface area contributed by atoms with E-state index in [0.29, 0.717) is 5.06 Å². The van der Waals surface area contributed by atoms with Crippen molar-refractivity contribution in [2.75, 3.05) is 5.73 Å². The highest BCUT2D eigenvalue weighted by Gasteiger charge is 2.57. The molecule has 12 heteroatoms. The van der Waals surface area contributed by atoms with Gasteiger partial charge in [-0.05, 0) is 13.8 Å². The summed E-state index contributed by atoms with van der Waals surface area (Å²) in [6, 6.07) is -0.986. The number of thiazole rings is 1. The first-order valence-corrected chi connectivity index (χ1v) is 7.80. The second-order valence-corrected chi connectivity index (χ2v) is 6.40. The minimum atomic E-state index is -2.65. The number of hydrogen-bond acceptors (Lipinski definition) is 8. The van der Waals surface area contributed by atoms with Crippen molar-refractivity contribution in [1.82, 2.24) is 15.4 Å². The fourth-order valence-electron chi connectivity index (χ4n) is 1.91. The van der Waals surface area contributed by atoms with E-state index in [-0.39, 0.29) is 10.8 Å². The Morgan fingerprint density at radius 1 is 1.68 bits per heavy atom. The van der Waals surface area contributed by atoms with Gasteiger partial charge in [-0.2, -0.15) is 9.27 Å². The van der Waals surface area contributed by atoms with Crippen LogP contribution in [-0.2, 0) is 25.2 Å². The van der Waals surface area contributed by atoms with Gasteiger partial charge in [-0.15, -0.1) is 15.6 Å². The summed E-state index contributed by atoms with van der Waals surface area (Å²) in [6.45, 7) is 3.08. The Balaban J connectivity index is 2.05. The number of aromatic nitrogens is 1. The standard InChI is InChI=1S/C10H13N5O5S2/c1-10(2)6(8(17)15(10)20-22(18)19)14-7(16)5(11)4-3-21-9(12)13-4/h3,6,11H,1-2H3,(H2,12,13)(H,14,16)(H,18,19). The fourth-order valence-corrected chi connectivity index (χ4v) is 2.86. The molecule has 1 aromatic heterocycles. The number of nitrogen functional groups attached to an aromatic ring is 1. The SMILES string of the molecule is CC1(C)C(NC(=O)C(=N)c2csc(N)n2)C(=O)N1OS(=O)O. The smallest absolute Gasteiger partial charge is 0.325 e. The molecule has 2 unspecified atom stereocenters. The number of carbonyl (C=O) groups is 2. The van der Waals surface area contributed by atoms with Crippen LogP contribution in [0.15, 0.2) is 5.38 Å². The summed E-state index contributed by atoms with van der Waals surface area (Å²) in [6.07, 6.45) is 0. The Kier molecular flexibility index (Phi) is 4.28. The molecule has 0 saturated carbocycles. The molecule has 0 spiro atoms. The van der Waals surface area contributed by atoms with E-state index >= 15 is 0 Å². The maximum absolute atomic E-state index is 12.0. The van der Waals surface area contributed by atoms with Gasteiger partial charge in [0.1, 0.15) is 17.4 Å². The number of hydroxylamine groups is 2. The monoisotopic (exact) mass is 347 g/mol. The highest BCUT2D eigenvalue weighted by molar-refractivity contribution is 7.74. The molecule has 1 aliphatic rings. The van der Waals surface area contributed by atoms with Crippen LogP contribution in [0.2, 0.25) is 0 Å². The third-order valence-electron chi connectivity index (χ3n) is 3.10. The van der Waals surface area contributed by atoms with Gasteiger partial charge in [-0.25, -0.2) is 4.98 Å². The molecule has 10 nitrogen and oxygen atoms in total. The molecule has 1 fully saturated rings.